The number of hydrogen-bond acceptors (Lipinski definition) is 2. The summed E-state index contributed by atoms with van der Waals surface area (Å²) >= 11 is 0. The fourth-order valence-electron chi connectivity index (χ4n) is 2.51. The van der Waals surface area contributed by atoms with Crippen molar-refractivity contribution in [2.75, 3.05) is 14.2 Å². The average molecular weight is 482 g/mol. The Morgan fingerprint density at radius 2 is 0.806 bits per heavy atom. The first-order valence-electron chi connectivity index (χ1n) is 8.82. The van der Waals surface area contributed by atoms with Gasteiger partial charge in [0.05, 0.1) is 25.1 Å². The molecule has 0 amide bonds. The van der Waals surface area contributed by atoms with Crippen LogP contribution in [0.3, 0.4) is 0 Å². The van der Waals surface area contributed by atoms with Crippen molar-refractivity contribution in [3.8, 4) is 11.5 Å². The Morgan fingerprint density at radius 1 is 0.548 bits per heavy atom. The standard InChI is InChI=1S/C21H21O2S.F6P/c1-16-4-10-19(11-5-16)24(20-12-6-17(22-2)7-13-20)21-14-8-18(23-3)9-15-21;1-7(2,3,4,5)6/h4-15H,1-3H3;/q+1;-1. The third-order valence-electron chi connectivity index (χ3n) is 3.85. The van der Waals surface area contributed by atoms with E-state index in [0.29, 0.717) is 0 Å². The van der Waals surface area contributed by atoms with Crippen molar-refractivity contribution in [2.45, 2.75) is 21.6 Å². The van der Waals surface area contributed by atoms with Crippen LogP contribution in [0.2, 0.25) is 0 Å². The van der Waals surface area contributed by atoms with E-state index < -0.39 is 7.81 Å². The fraction of sp³-hybridized carbons (Fsp3) is 0.143. The third kappa shape index (κ3) is 9.53. The van der Waals surface area contributed by atoms with E-state index in [-0.39, 0.29) is 10.9 Å². The van der Waals surface area contributed by atoms with Gasteiger partial charge in [0.15, 0.2) is 14.7 Å². The zero-order valence-electron chi connectivity index (χ0n) is 16.9. The number of halogens is 6. The van der Waals surface area contributed by atoms with Crippen LogP contribution in [-0.2, 0) is 10.9 Å². The molecule has 0 aliphatic rings. The van der Waals surface area contributed by atoms with Crippen LogP contribution in [0.4, 0.5) is 25.2 Å². The van der Waals surface area contributed by atoms with Gasteiger partial charge >= 0.3 is 33.0 Å². The predicted octanol–water partition coefficient (Wildman–Crippen LogP) is 8.49. The molecule has 3 rings (SSSR count). The van der Waals surface area contributed by atoms with Gasteiger partial charge in [-0.1, -0.05) is 17.7 Å². The summed E-state index contributed by atoms with van der Waals surface area (Å²) in [5, 5.41) is 0. The molecule has 10 heteroatoms. The fourth-order valence-corrected chi connectivity index (χ4v) is 4.55. The summed E-state index contributed by atoms with van der Waals surface area (Å²) in [6.45, 7) is 2.11. The van der Waals surface area contributed by atoms with Crippen LogP contribution >= 0.6 is 7.81 Å². The normalized spacial score (nSPS) is 13.5. The van der Waals surface area contributed by atoms with Gasteiger partial charge in [-0.15, -0.1) is 0 Å². The van der Waals surface area contributed by atoms with E-state index in [4.69, 9.17) is 9.47 Å². The molecule has 0 radical (unpaired) electrons. The minimum absolute atomic E-state index is 0.155. The number of aryl methyl sites for hydroxylation is 1. The van der Waals surface area contributed by atoms with Gasteiger partial charge < -0.3 is 9.47 Å². The molecule has 0 heterocycles. The molecule has 3 aromatic rings. The summed E-state index contributed by atoms with van der Waals surface area (Å²) in [7, 11) is -7.43. The Labute approximate surface area is 179 Å². The molecule has 2 nitrogen and oxygen atoms in total. The maximum absolute atomic E-state index is 10.7. The Kier molecular flexibility index (Phi) is 6.93. The van der Waals surface area contributed by atoms with Gasteiger partial charge in [0.25, 0.3) is 0 Å². The average Bonchev–Trinajstić information content (AvgIpc) is 2.68. The van der Waals surface area contributed by atoms with Crippen LogP contribution in [0.1, 0.15) is 5.56 Å². The van der Waals surface area contributed by atoms with E-state index in [1.165, 1.54) is 20.2 Å². The van der Waals surface area contributed by atoms with E-state index in [2.05, 4.69) is 55.5 Å². The number of benzene rings is 3. The first-order valence-corrected chi connectivity index (χ1v) is 12.1. The second-order valence-corrected chi connectivity index (χ2v) is 10.4. The van der Waals surface area contributed by atoms with E-state index in [9.17, 15) is 25.2 Å². The molecule has 0 aliphatic heterocycles. The Morgan fingerprint density at radius 3 is 1.06 bits per heavy atom. The first-order chi connectivity index (χ1) is 14.2. The molecule has 0 spiro atoms. The van der Waals surface area contributed by atoms with Crippen LogP contribution in [0.5, 0.6) is 11.5 Å². The number of ether oxygens (including phenoxy) is 2. The molecule has 0 atom stereocenters. The molecule has 0 fully saturated rings. The molecular weight excluding hydrogens is 461 g/mol. The third-order valence-corrected chi connectivity index (χ3v) is 6.08. The molecule has 0 unspecified atom stereocenters. The summed E-state index contributed by atoms with van der Waals surface area (Å²) in [6, 6.07) is 25.4. The van der Waals surface area contributed by atoms with Gasteiger partial charge in [0.1, 0.15) is 11.5 Å². The Hall–Kier alpha value is -2.38. The quantitative estimate of drug-likeness (QED) is 0.206. The predicted molar refractivity (Wildman–Crippen MR) is 113 cm³/mol. The molecule has 170 valence electrons. The number of methoxy groups -OCH3 is 2. The Balaban J connectivity index is 0.000000423. The van der Waals surface area contributed by atoms with Crippen molar-refractivity contribution in [1.29, 1.82) is 0 Å². The van der Waals surface area contributed by atoms with Crippen LogP contribution in [-0.4, -0.2) is 14.2 Å². The summed E-state index contributed by atoms with van der Waals surface area (Å²) in [5.41, 5.74) is 1.27. The maximum atomic E-state index is 9.87. The second kappa shape index (κ2) is 8.63. The van der Waals surface area contributed by atoms with Crippen LogP contribution in [0.15, 0.2) is 87.5 Å². The van der Waals surface area contributed by atoms with E-state index in [1.807, 2.05) is 24.3 Å². The van der Waals surface area contributed by atoms with Crippen LogP contribution in [0, 0.1) is 6.92 Å². The molecule has 0 bridgehead atoms. The van der Waals surface area contributed by atoms with Crippen molar-refractivity contribution >= 4 is 18.7 Å². The van der Waals surface area contributed by atoms with E-state index in [1.54, 1.807) is 14.2 Å². The van der Waals surface area contributed by atoms with Gasteiger partial charge in [-0.3, -0.25) is 0 Å². The summed E-state index contributed by atoms with van der Waals surface area (Å²) < 4.78 is 69.8. The molecule has 0 saturated carbocycles. The van der Waals surface area contributed by atoms with Gasteiger partial charge in [-0.25, -0.2) is 0 Å². The molecular formula is C21H21F6O2PS. The van der Waals surface area contributed by atoms with Crippen LogP contribution in [0.25, 0.3) is 0 Å². The van der Waals surface area contributed by atoms with Crippen molar-refractivity contribution < 1.29 is 34.7 Å². The van der Waals surface area contributed by atoms with Gasteiger partial charge in [-0.2, -0.15) is 0 Å². The SMILES string of the molecule is COc1ccc([S+](c2ccc(C)cc2)c2ccc(OC)cc2)cc1.F[P-](F)(F)(F)(F)F. The minimum atomic E-state index is -10.7. The van der Waals surface area contributed by atoms with Crippen molar-refractivity contribution in [3.63, 3.8) is 0 Å². The molecule has 0 aliphatic carbocycles. The molecule has 0 N–H and O–H groups in total. The molecule has 31 heavy (non-hydrogen) atoms. The number of hydrogen-bond donors (Lipinski definition) is 0. The van der Waals surface area contributed by atoms with E-state index in [0.717, 1.165) is 11.5 Å². The molecule has 3 aromatic carbocycles. The van der Waals surface area contributed by atoms with E-state index >= 15 is 0 Å². The van der Waals surface area contributed by atoms with Gasteiger partial charge in [0, 0.05) is 0 Å². The molecule has 0 saturated heterocycles. The Bertz CT molecular complexity index is 931. The van der Waals surface area contributed by atoms with Crippen molar-refractivity contribution in [3.05, 3.63) is 78.4 Å². The molecule has 0 aromatic heterocycles. The summed E-state index contributed by atoms with van der Waals surface area (Å²) in [6.07, 6.45) is 0. The van der Waals surface area contributed by atoms with Gasteiger partial charge in [-0.05, 0) is 67.6 Å². The van der Waals surface area contributed by atoms with Crippen LogP contribution < -0.4 is 9.47 Å². The second-order valence-electron chi connectivity index (χ2n) is 6.43. The first kappa shape index (κ1) is 24.9. The number of rotatable bonds is 5. The monoisotopic (exact) mass is 482 g/mol. The van der Waals surface area contributed by atoms with Gasteiger partial charge in [0.2, 0.25) is 0 Å². The summed E-state index contributed by atoms with van der Waals surface area (Å²) in [5.74, 6) is 1.75. The zero-order chi connectivity index (χ0) is 23.3. The zero-order valence-corrected chi connectivity index (χ0v) is 18.6. The summed E-state index contributed by atoms with van der Waals surface area (Å²) in [4.78, 5) is 3.84. The topological polar surface area (TPSA) is 18.5 Å². The van der Waals surface area contributed by atoms with Crippen molar-refractivity contribution in [2.24, 2.45) is 0 Å². The van der Waals surface area contributed by atoms with Crippen molar-refractivity contribution in [1.82, 2.24) is 0 Å².